The monoisotopic (exact) mass is 267 g/mol. The van der Waals surface area contributed by atoms with Gasteiger partial charge in [-0.2, -0.15) is 0 Å². The van der Waals surface area contributed by atoms with E-state index < -0.39 is 0 Å². The van der Waals surface area contributed by atoms with Crippen molar-refractivity contribution in [3.8, 4) is 0 Å². The maximum absolute atomic E-state index is 3.84. The molecule has 0 bridgehead atoms. The van der Waals surface area contributed by atoms with Gasteiger partial charge in [0.05, 0.1) is 0 Å². The number of piperazine rings is 1. The third kappa shape index (κ3) is 3.32. The highest BCUT2D eigenvalue weighted by molar-refractivity contribution is 5.02. The summed E-state index contributed by atoms with van der Waals surface area (Å²) in [5.74, 6) is 0. The number of nitrogens with zero attached hydrogens (tertiary/aromatic N) is 2. The molecule has 1 saturated heterocycles. The minimum Gasteiger partial charge on any atom is -0.312 e. The Labute approximate surface area is 119 Å². The van der Waals surface area contributed by atoms with Crippen molar-refractivity contribution in [2.24, 2.45) is 5.41 Å². The normalized spacial score (nSPS) is 36.8. The first kappa shape index (κ1) is 15.3. The van der Waals surface area contributed by atoms with Crippen LogP contribution in [0.2, 0.25) is 0 Å². The van der Waals surface area contributed by atoms with E-state index in [2.05, 4.69) is 49.9 Å². The molecular weight excluding hydrogens is 234 g/mol. The Morgan fingerprint density at radius 2 is 2.00 bits per heavy atom. The Kier molecular flexibility index (Phi) is 4.91. The molecule has 0 aromatic carbocycles. The summed E-state index contributed by atoms with van der Waals surface area (Å²) >= 11 is 0. The fraction of sp³-hybridized carbons (Fsp3) is 1.00. The van der Waals surface area contributed by atoms with Gasteiger partial charge in [-0.25, -0.2) is 0 Å². The lowest BCUT2D eigenvalue weighted by Crippen LogP contribution is -2.58. The first-order valence-electron chi connectivity index (χ1n) is 8.13. The van der Waals surface area contributed by atoms with Crippen LogP contribution in [0.4, 0.5) is 0 Å². The summed E-state index contributed by atoms with van der Waals surface area (Å²) in [7, 11) is 2.26. The van der Waals surface area contributed by atoms with Crippen LogP contribution < -0.4 is 5.32 Å². The largest absolute Gasteiger partial charge is 0.312 e. The predicted octanol–water partition coefficient (Wildman–Crippen LogP) is 2.18. The van der Waals surface area contributed by atoms with Gasteiger partial charge in [-0.3, -0.25) is 4.90 Å². The van der Waals surface area contributed by atoms with Crippen molar-refractivity contribution in [1.82, 2.24) is 15.1 Å². The summed E-state index contributed by atoms with van der Waals surface area (Å²) < 4.78 is 0. The summed E-state index contributed by atoms with van der Waals surface area (Å²) in [6.45, 7) is 14.4. The van der Waals surface area contributed by atoms with E-state index in [1.165, 1.54) is 38.9 Å². The molecular formula is C16H33N3. The third-order valence-electron chi connectivity index (χ3n) is 5.39. The average Bonchev–Trinajstić information content (AvgIpc) is 2.66. The van der Waals surface area contributed by atoms with Crippen molar-refractivity contribution in [2.75, 3.05) is 33.2 Å². The molecule has 0 radical (unpaired) electrons. The van der Waals surface area contributed by atoms with Crippen LogP contribution in [0.1, 0.15) is 47.0 Å². The fourth-order valence-electron chi connectivity index (χ4n) is 3.85. The first-order valence-corrected chi connectivity index (χ1v) is 8.13. The summed E-state index contributed by atoms with van der Waals surface area (Å²) in [6, 6.07) is 2.12. The van der Waals surface area contributed by atoms with Gasteiger partial charge in [0, 0.05) is 37.8 Å². The molecule has 0 spiro atoms. The summed E-state index contributed by atoms with van der Waals surface area (Å²) in [6.07, 6.45) is 3.96. The van der Waals surface area contributed by atoms with Gasteiger partial charge in [-0.05, 0) is 45.2 Å². The highest BCUT2D eigenvalue weighted by atomic mass is 15.3. The summed E-state index contributed by atoms with van der Waals surface area (Å²) in [5, 5.41) is 3.84. The molecule has 3 atom stereocenters. The Hall–Kier alpha value is -0.120. The van der Waals surface area contributed by atoms with Gasteiger partial charge in [0.15, 0.2) is 0 Å². The summed E-state index contributed by atoms with van der Waals surface area (Å²) in [4.78, 5) is 5.25. The number of nitrogens with one attached hydrogen (secondary N) is 1. The predicted molar refractivity (Wildman–Crippen MR) is 82.5 cm³/mol. The Balaban J connectivity index is 2.01. The molecule has 1 aliphatic heterocycles. The quantitative estimate of drug-likeness (QED) is 0.842. The van der Waals surface area contributed by atoms with Gasteiger partial charge in [-0.15, -0.1) is 0 Å². The Morgan fingerprint density at radius 1 is 1.26 bits per heavy atom. The molecule has 19 heavy (non-hydrogen) atoms. The topological polar surface area (TPSA) is 18.5 Å². The third-order valence-corrected chi connectivity index (χ3v) is 5.39. The molecule has 1 N–H and O–H groups in total. The Morgan fingerprint density at radius 3 is 2.63 bits per heavy atom. The van der Waals surface area contributed by atoms with E-state index in [1.54, 1.807) is 0 Å². The number of rotatable bonds is 4. The zero-order valence-electron chi connectivity index (χ0n) is 13.6. The van der Waals surface area contributed by atoms with Crippen molar-refractivity contribution in [3.05, 3.63) is 0 Å². The summed E-state index contributed by atoms with van der Waals surface area (Å²) in [5.41, 5.74) is 0.451. The first-order chi connectivity index (χ1) is 8.95. The van der Waals surface area contributed by atoms with Gasteiger partial charge in [0.1, 0.15) is 0 Å². The molecule has 1 saturated carbocycles. The van der Waals surface area contributed by atoms with E-state index in [9.17, 15) is 0 Å². The van der Waals surface area contributed by atoms with E-state index in [1.807, 2.05) is 0 Å². The minimum atomic E-state index is 0.451. The van der Waals surface area contributed by atoms with Gasteiger partial charge in [0.2, 0.25) is 0 Å². The van der Waals surface area contributed by atoms with Crippen LogP contribution in [-0.2, 0) is 0 Å². The van der Waals surface area contributed by atoms with Crippen molar-refractivity contribution in [1.29, 1.82) is 0 Å². The molecule has 1 aliphatic carbocycles. The van der Waals surface area contributed by atoms with Crippen LogP contribution in [0.15, 0.2) is 0 Å². The standard InChI is InChI=1S/C16H33N3/c1-6-9-17-15-14(7-8-16(15,3)4)19-11-10-18(5)13(2)12-19/h13-15,17H,6-12H2,1-5H3. The maximum Gasteiger partial charge on any atom is 0.0274 e. The van der Waals surface area contributed by atoms with Gasteiger partial charge >= 0.3 is 0 Å². The lowest BCUT2D eigenvalue weighted by Gasteiger charge is -2.44. The lowest BCUT2D eigenvalue weighted by molar-refractivity contribution is 0.0559. The zero-order chi connectivity index (χ0) is 14.0. The van der Waals surface area contributed by atoms with Gasteiger partial charge < -0.3 is 10.2 Å². The maximum atomic E-state index is 3.84. The molecule has 2 fully saturated rings. The lowest BCUT2D eigenvalue weighted by atomic mass is 9.86. The highest BCUT2D eigenvalue weighted by Gasteiger charge is 2.44. The molecule has 2 aliphatic rings. The Bertz CT molecular complexity index is 290. The van der Waals surface area contributed by atoms with E-state index in [0.29, 0.717) is 17.5 Å². The average molecular weight is 267 g/mol. The number of hydrogen-bond acceptors (Lipinski definition) is 3. The molecule has 1 heterocycles. The van der Waals surface area contributed by atoms with Crippen molar-refractivity contribution in [3.63, 3.8) is 0 Å². The van der Waals surface area contributed by atoms with Crippen LogP contribution in [0, 0.1) is 5.41 Å². The van der Waals surface area contributed by atoms with Crippen LogP contribution >= 0.6 is 0 Å². The SMILES string of the molecule is CCCNC1C(N2CCN(C)C(C)C2)CCC1(C)C. The minimum absolute atomic E-state index is 0.451. The molecule has 3 heteroatoms. The van der Waals surface area contributed by atoms with Crippen molar-refractivity contribution >= 4 is 0 Å². The van der Waals surface area contributed by atoms with Crippen LogP contribution in [0.5, 0.6) is 0 Å². The molecule has 112 valence electrons. The fourth-order valence-corrected chi connectivity index (χ4v) is 3.85. The number of hydrogen-bond donors (Lipinski definition) is 1. The molecule has 3 nitrogen and oxygen atoms in total. The van der Waals surface area contributed by atoms with Crippen LogP contribution in [-0.4, -0.2) is 61.2 Å². The smallest absolute Gasteiger partial charge is 0.0274 e. The van der Waals surface area contributed by atoms with Gasteiger partial charge in [0.25, 0.3) is 0 Å². The molecule has 3 unspecified atom stereocenters. The molecule has 0 aromatic rings. The second-order valence-electron chi connectivity index (χ2n) is 7.35. The van der Waals surface area contributed by atoms with E-state index in [4.69, 9.17) is 0 Å². The molecule has 0 amide bonds. The number of likely N-dealkylation sites (N-methyl/N-ethyl adjacent to an activating group) is 1. The van der Waals surface area contributed by atoms with E-state index in [0.717, 1.165) is 12.6 Å². The van der Waals surface area contributed by atoms with Crippen LogP contribution in [0.3, 0.4) is 0 Å². The zero-order valence-corrected chi connectivity index (χ0v) is 13.6. The highest BCUT2D eigenvalue weighted by Crippen LogP contribution is 2.40. The molecule has 0 aromatic heterocycles. The van der Waals surface area contributed by atoms with Gasteiger partial charge in [-0.1, -0.05) is 20.8 Å². The van der Waals surface area contributed by atoms with Crippen molar-refractivity contribution < 1.29 is 0 Å². The second-order valence-corrected chi connectivity index (χ2v) is 7.35. The van der Waals surface area contributed by atoms with Crippen molar-refractivity contribution in [2.45, 2.75) is 65.1 Å². The van der Waals surface area contributed by atoms with E-state index >= 15 is 0 Å². The van der Waals surface area contributed by atoms with E-state index in [-0.39, 0.29) is 0 Å². The molecule has 2 rings (SSSR count). The van der Waals surface area contributed by atoms with Crippen LogP contribution in [0.25, 0.3) is 0 Å². The second kappa shape index (κ2) is 6.11.